The molecule has 0 saturated carbocycles. The van der Waals surface area contributed by atoms with E-state index in [4.69, 9.17) is 16.6 Å². The Morgan fingerprint density at radius 2 is 1.47 bits per heavy atom. The fourth-order valence-corrected chi connectivity index (χ4v) is 1.57. The van der Waals surface area contributed by atoms with Crippen LogP contribution in [0.1, 0.15) is 59.8 Å². The van der Waals surface area contributed by atoms with Crippen LogP contribution >= 0.6 is 0 Å². The molecule has 1 atom stereocenters. The number of aliphatic carboxylic acids is 1. The molecule has 116 valence electrons. The Hall–Kier alpha value is -0.610. The van der Waals surface area contributed by atoms with Gasteiger partial charge in [-0.05, 0) is 31.2 Å². The number of carboxylic acids is 1. The van der Waals surface area contributed by atoms with Crippen molar-refractivity contribution in [3.05, 3.63) is 0 Å². The molecule has 0 bridgehead atoms. The molecule has 4 nitrogen and oxygen atoms in total. The first-order valence-electron chi connectivity index (χ1n) is 7.48. The van der Waals surface area contributed by atoms with Gasteiger partial charge in [0, 0.05) is 6.54 Å². The molecule has 0 spiro atoms. The molecule has 4 heteroatoms. The molecule has 0 radical (unpaired) electrons. The van der Waals surface area contributed by atoms with Gasteiger partial charge in [0.2, 0.25) is 0 Å². The Balaban J connectivity index is 0. The molecule has 5 N–H and O–H groups in total. The molecule has 0 heterocycles. The van der Waals surface area contributed by atoms with Crippen molar-refractivity contribution in [1.29, 1.82) is 0 Å². The predicted molar refractivity (Wildman–Crippen MR) is 82.0 cm³/mol. The van der Waals surface area contributed by atoms with Crippen molar-refractivity contribution < 1.29 is 9.90 Å². The van der Waals surface area contributed by atoms with Gasteiger partial charge in [-0.1, -0.05) is 47.0 Å². The van der Waals surface area contributed by atoms with Crippen molar-refractivity contribution in [2.24, 2.45) is 29.2 Å². The first-order chi connectivity index (χ1) is 8.84. The van der Waals surface area contributed by atoms with E-state index < -0.39 is 5.97 Å². The van der Waals surface area contributed by atoms with E-state index in [9.17, 15) is 4.79 Å². The minimum Gasteiger partial charge on any atom is -0.481 e. The monoisotopic (exact) mass is 274 g/mol. The third-order valence-electron chi connectivity index (χ3n) is 2.96. The molecule has 0 amide bonds. The van der Waals surface area contributed by atoms with Crippen molar-refractivity contribution >= 4 is 5.97 Å². The van der Waals surface area contributed by atoms with Crippen LogP contribution in [-0.2, 0) is 4.79 Å². The highest BCUT2D eigenvalue weighted by atomic mass is 16.4. The molecule has 0 saturated heterocycles. The summed E-state index contributed by atoms with van der Waals surface area (Å²) in [6.45, 7) is 9.76. The highest BCUT2D eigenvalue weighted by Crippen LogP contribution is 2.11. The highest BCUT2D eigenvalue weighted by Gasteiger charge is 2.14. The van der Waals surface area contributed by atoms with E-state index >= 15 is 0 Å². The van der Waals surface area contributed by atoms with Crippen LogP contribution in [0, 0.1) is 17.8 Å². The summed E-state index contributed by atoms with van der Waals surface area (Å²) in [4.78, 5) is 10.5. The predicted octanol–water partition coefficient (Wildman–Crippen LogP) is 2.85. The number of rotatable bonds is 9. The molecule has 0 aromatic rings. The van der Waals surface area contributed by atoms with E-state index in [-0.39, 0.29) is 12.5 Å². The zero-order valence-corrected chi connectivity index (χ0v) is 13.2. The zero-order chi connectivity index (χ0) is 15.3. The molecule has 0 aromatic carbocycles. The van der Waals surface area contributed by atoms with Crippen LogP contribution in [0.15, 0.2) is 0 Å². The average Bonchev–Trinajstić information content (AvgIpc) is 2.29. The smallest absolute Gasteiger partial charge is 0.307 e. The lowest BCUT2D eigenvalue weighted by molar-refractivity contribution is -0.141. The zero-order valence-electron chi connectivity index (χ0n) is 13.2. The minimum atomic E-state index is -0.770. The lowest BCUT2D eigenvalue weighted by Gasteiger charge is -2.10. The Morgan fingerprint density at radius 3 is 1.79 bits per heavy atom. The van der Waals surface area contributed by atoms with Crippen molar-refractivity contribution in [2.45, 2.75) is 59.8 Å². The molecule has 1 unspecified atom stereocenters. The van der Waals surface area contributed by atoms with Gasteiger partial charge < -0.3 is 16.6 Å². The summed E-state index contributed by atoms with van der Waals surface area (Å²) in [5.74, 6) is 0.287. The topological polar surface area (TPSA) is 89.3 Å². The van der Waals surface area contributed by atoms with Gasteiger partial charge in [0.05, 0.1) is 5.92 Å². The van der Waals surface area contributed by atoms with Gasteiger partial charge in [-0.25, -0.2) is 0 Å². The summed E-state index contributed by atoms with van der Waals surface area (Å²) in [6, 6.07) is 0. The Bertz CT molecular complexity index is 206. The van der Waals surface area contributed by atoms with Crippen LogP contribution in [0.25, 0.3) is 0 Å². The molecule has 0 aliphatic heterocycles. The summed E-state index contributed by atoms with van der Waals surface area (Å²) >= 11 is 0. The Labute approximate surface area is 118 Å². The van der Waals surface area contributed by atoms with Gasteiger partial charge in [0.25, 0.3) is 0 Å². The first-order valence-corrected chi connectivity index (χ1v) is 7.48. The highest BCUT2D eigenvalue weighted by molar-refractivity contribution is 5.70. The summed E-state index contributed by atoms with van der Waals surface area (Å²) < 4.78 is 0. The number of nitrogens with two attached hydrogens (primary N) is 2. The summed E-state index contributed by atoms with van der Waals surface area (Å²) in [5, 5.41) is 8.61. The van der Waals surface area contributed by atoms with Gasteiger partial charge in [-0.15, -0.1) is 0 Å². The summed E-state index contributed by atoms with van der Waals surface area (Å²) in [6.07, 6.45) is 5.46. The van der Waals surface area contributed by atoms with Crippen LogP contribution in [0.3, 0.4) is 0 Å². The minimum absolute atomic E-state index is 0.252. The average molecular weight is 274 g/mol. The van der Waals surface area contributed by atoms with E-state index in [1.54, 1.807) is 0 Å². The maximum Gasteiger partial charge on any atom is 0.307 e. The van der Waals surface area contributed by atoms with E-state index in [0.29, 0.717) is 12.3 Å². The number of hydrogen-bond donors (Lipinski definition) is 3. The van der Waals surface area contributed by atoms with Crippen molar-refractivity contribution in [2.75, 3.05) is 13.1 Å². The Kier molecular flexibility index (Phi) is 15.1. The number of hydrogen-bond acceptors (Lipinski definition) is 3. The van der Waals surface area contributed by atoms with Crippen LogP contribution in [0.4, 0.5) is 0 Å². The largest absolute Gasteiger partial charge is 0.481 e. The van der Waals surface area contributed by atoms with E-state index in [1.807, 2.05) is 0 Å². The fourth-order valence-electron chi connectivity index (χ4n) is 1.57. The van der Waals surface area contributed by atoms with E-state index in [1.165, 1.54) is 19.3 Å². The quantitative estimate of drug-likeness (QED) is 0.564. The van der Waals surface area contributed by atoms with Gasteiger partial charge in [-0.2, -0.15) is 0 Å². The second-order valence-corrected chi connectivity index (χ2v) is 5.92. The molecule has 0 aliphatic carbocycles. The fraction of sp³-hybridized carbons (Fsp3) is 0.933. The Morgan fingerprint density at radius 1 is 0.947 bits per heavy atom. The van der Waals surface area contributed by atoms with E-state index in [2.05, 4.69) is 27.7 Å². The molecular weight excluding hydrogens is 240 g/mol. The van der Waals surface area contributed by atoms with Gasteiger partial charge in [-0.3, -0.25) is 4.79 Å². The standard InChI is InChI=1S/C8H17NO2.C7H17N/c1-6(2)3-4-7(5-9)8(10)11;1-7(2)5-3-4-6-8/h6-7H,3-5,9H2,1-2H3,(H,10,11);7H,3-6,8H2,1-2H3. The maximum atomic E-state index is 10.5. The SMILES string of the molecule is CC(C)CCC(CN)C(=O)O.CC(C)CCCCN. The van der Waals surface area contributed by atoms with Crippen LogP contribution in [-0.4, -0.2) is 24.2 Å². The third kappa shape index (κ3) is 17.4. The van der Waals surface area contributed by atoms with Gasteiger partial charge in [0.15, 0.2) is 0 Å². The molecule has 0 aromatic heterocycles. The summed E-state index contributed by atoms with van der Waals surface area (Å²) in [7, 11) is 0. The van der Waals surface area contributed by atoms with Crippen molar-refractivity contribution in [3.8, 4) is 0 Å². The summed E-state index contributed by atoms with van der Waals surface area (Å²) in [5.41, 5.74) is 10.6. The maximum absolute atomic E-state index is 10.5. The second-order valence-electron chi connectivity index (χ2n) is 5.92. The van der Waals surface area contributed by atoms with Crippen molar-refractivity contribution in [1.82, 2.24) is 0 Å². The number of unbranched alkanes of at least 4 members (excludes halogenated alkanes) is 1. The van der Waals surface area contributed by atoms with Crippen LogP contribution in [0.2, 0.25) is 0 Å². The lowest BCUT2D eigenvalue weighted by Crippen LogP contribution is -2.23. The van der Waals surface area contributed by atoms with Crippen molar-refractivity contribution in [3.63, 3.8) is 0 Å². The third-order valence-corrected chi connectivity index (χ3v) is 2.96. The van der Waals surface area contributed by atoms with E-state index in [0.717, 1.165) is 18.9 Å². The second kappa shape index (κ2) is 13.8. The molecular formula is C15H34N2O2. The van der Waals surface area contributed by atoms with Crippen LogP contribution < -0.4 is 11.5 Å². The van der Waals surface area contributed by atoms with Gasteiger partial charge in [0.1, 0.15) is 0 Å². The number of carbonyl (C=O) groups is 1. The van der Waals surface area contributed by atoms with Gasteiger partial charge >= 0.3 is 5.97 Å². The van der Waals surface area contributed by atoms with Crippen LogP contribution in [0.5, 0.6) is 0 Å². The first kappa shape index (κ1) is 20.7. The molecule has 0 fully saturated rings. The molecule has 0 aliphatic rings. The molecule has 0 rings (SSSR count). The number of carboxylic acid groups (broad SMARTS) is 1. The lowest BCUT2D eigenvalue weighted by atomic mass is 9.98. The molecule has 19 heavy (non-hydrogen) atoms. The normalized spacial score (nSPS) is 12.2.